The lowest BCUT2D eigenvalue weighted by Gasteiger charge is -2.17. The fraction of sp³-hybridized carbons (Fsp3) is 0.143. The van der Waals surface area contributed by atoms with E-state index in [1.54, 1.807) is 24.3 Å². The fourth-order valence-corrected chi connectivity index (χ4v) is 3.22. The molecule has 0 saturated carbocycles. The van der Waals surface area contributed by atoms with Crippen LogP contribution >= 0.6 is 0 Å². The minimum absolute atomic E-state index is 0.0173. The summed E-state index contributed by atoms with van der Waals surface area (Å²) in [5.41, 5.74) is 0.656. The summed E-state index contributed by atoms with van der Waals surface area (Å²) < 4.78 is 5.99. The van der Waals surface area contributed by atoms with Crippen LogP contribution in [-0.2, 0) is 9.59 Å². The van der Waals surface area contributed by atoms with Crippen LogP contribution < -0.4 is 14.7 Å². The molecule has 0 spiro atoms. The summed E-state index contributed by atoms with van der Waals surface area (Å²) in [5, 5.41) is 13.1. The number of amides is 1. The minimum Gasteiger partial charge on any atom is -0.550 e. The van der Waals surface area contributed by atoms with E-state index in [4.69, 9.17) is 4.74 Å². The second kappa shape index (κ2) is 6.52. The van der Waals surface area contributed by atoms with Gasteiger partial charge in [-0.05, 0) is 35.7 Å². The molecule has 5 nitrogen and oxygen atoms in total. The number of ether oxygens (including phenoxy) is 1. The number of fused-ring (bicyclic) bond motifs is 1. The average molecular weight is 346 g/mol. The van der Waals surface area contributed by atoms with Crippen molar-refractivity contribution in [2.75, 3.05) is 11.4 Å². The van der Waals surface area contributed by atoms with Crippen LogP contribution in [0.5, 0.6) is 11.5 Å². The third kappa shape index (κ3) is 2.99. The number of hydrogen-bond acceptors (Lipinski definition) is 4. The van der Waals surface area contributed by atoms with E-state index >= 15 is 0 Å². The predicted octanol–water partition coefficient (Wildman–Crippen LogP) is 2.73. The van der Waals surface area contributed by atoms with Crippen molar-refractivity contribution >= 4 is 28.3 Å². The van der Waals surface area contributed by atoms with Gasteiger partial charge in [-0.25, -0.2) is 0 Å². The SMILES string of the molecule is O=C([O-])[C@H]1CC(=O)N(c2ccc(Oc3cccc4ccccc34)cc2)C1. The summed E-state index contributed by atoms with van der Waals surface area (Å²) in [5.74, 6) is -0.744. The second-order valence-electron chi connectivity index (χ2n) is 6.30. The summed E-state index contributed by atoms with van der Waals surface area (Å²) >= 11 is 0. The molecule has 4 rings (SSSR count). The van der Waals surface area contributed by atoms with Gasteiger partial charge in [0.2, 0.25) is 5.91 Å². The number of rotatable bonds is 4. The number of hydrogen-bond donors (Lipinski definition) is 0. The van der Waals surface area contributed by atoms with Crippen molar-refractivity contribution in [1.82, 2.24) is 0 Å². The smallest absolute Gasteiger partial charge is 0.227 e. The molecule has 0 unspecified atom stereocenters. The molecular weight excluding hydrogens is 330 g/mol. The molecule has 1 aliphatic heterocycles. The summed E-state index contributed by atoms with van der Waals surface area (Å²) in [6.07, 6.45) is -0.0173. The highest BCUT2D eigenvalue weighted by atomic mass is 16.5. The Morgan fingerprint density at radius 2 is 1.73 bits per heavy atom. The Morgan fingerprint density at radius 3 is 2.46 bits per heavy atom. The van der Waals surface area contributed by atoms with Crippen molar-refractivity contribution in [2.45, 2.75) is 6.42 Å². The van der Waals surface area contributed by atoms with Gasteiger partial charge in [0, 0.05) is 35.9 Å². The third-order valence-corrected chi connectivity index (χ3v) is 4.58. The Kier molecular flexibility index (Phi) is 4.05. The van der Waals surface area contributed by atoms with E-state index in [0.29, 0.717) is 11.4 Å². The van der Waals surface area contributed by atoms with E-state index in [-0.39, 0.29) is 18.9 Å². The minimum atomic E-state index is -1.18. The van der Waals surface area contributed by atoms with Gasteiger partial charge in [0.15, 0.2) is 0 Å². The Balaban J connectivity index is 1.55. The van der Waals surface area contributed by atoms with Crippen molar-refractivity contribution in [3.8, 4) is 11.5 Å². The lowest BCUT2D eigenvalue weighted by Crippen LogP contribution is -2.33. The van der Waals surface area contributed by atoms with E-state index in [0.717, 1.165) is 16.5 Å². The lowest BCUT2D eigenvalue weighted by molar-refractivity contribution is -0.310. The Labute approximate surface area is 150 Å². The maximum absolute atomic E-state index is 12.0. The molecule has 0 aromatic heterocycles. The van der Waals surface area contributed by atoms with Crippen molar-refractivity contribution in [3.05, 3.63) is 66.7 Å². The Hall–Kier alpha value is -3.34. The lowest BCUT2D eigenvalue weighted by atomic mass is 10.1. The van der Waals surface area contributed by atoms with Gasteiger partial charge in [-0.1, -0.05) is 36.4 Å². The van der Waals surface area contributed by atoms with Crippen molar-refractivity contribution in [3.63, 3.8) is 0 Å². The van der Waals surface area contributed by atoms with Crippen molar-refractivity contribution < 1.29 is 19.4 Å². The van der Waals surface area contributed by atoms with Gasteiger partial charge in [-0.3, -0.25) is 4.79 Å². The molecule has 5 heteroatoms. The maximum atomic E-state index is 12.0. The van der Waals surface area contributed by atoms with Crippen LogP contribution in [0.2, 0.25) is 0 Å². The molecule has 1 atom stereocenters. The van der Waals surface area contributed by atoms with Gasteiger partial charge in [-0.2, -0.15) is 0 Å². The molecule has 0 aliphatic carbocycles. The van der Waals surface area contributed by atoms with Gasteiger partial charge >= 0.3 is 0 Å². The predicted molar refractivity (Wildman–Crippen MR) is 95.9 cm³/mol. The molecule has 3 aromatic carbocycles. The monoisotopic (exact) mass is 346 g/mol. The maximum Gasteiger partial charge on any atom is 0.227 e. The highest BCUT2D eigenvalue weighted by Crippen LogP contribution is 2.32. The number of carbonyl (C=O) groups excluding carboxylic acids is 2. The zero-order valence-corrected chi connectivity index (χ0v) is 13.9. The number of carboxylic acids is 1. The molecular formula is C21H16NO4-. The zero-order chi connectivity index (χ0) is 18.1. The second-order valence-corrected chi connectivity index (χ2v) is 6.30. The van der Waals surface area contributed by atoms with Crippen LogP contribution in [0.4, 0.5) is 5.69 Å². The first-order valence-electron chi connectivity index (χ1n) is 8.39. The van der Waals surface area contributed by atoms with Gasteiger partial charge in [0.05, 0.1) is 0 Å². The van der Waals surface area contributed by atoms with Crippen LogP contribution in [0.1, 0.15) is 6.42 Å². The van der Waals surface area contributed by atoms with E-state index in [1.807, 2.05) is 42.5 Å². The van der Waals surface area contributed by atoms with Crippen molar-refractivity contribution in [2.24, 2.45) is 5.92 Å². The molecule has 0 bridgehead atoms. The zero-order valence-electron chi connectivity index (χ0n) is 13.9. The molecule has 3 aromatic rings. The van der Waals surface area contributed by atoms with Gasteiger partial charge < -0.3 is 19.5 Å². The first-order valence-corrected chi connectivity index (χ1v) is 8.39. The largest absolute Gasteiger partial charge is 0.550 e. The number of carbonyl (C=O) groups is 2. The van der Waals surface area contributed by atoms with Crippen LogP contribution in [0.25, 0.3) is 10.8 Å². The van der Waals surface area contributed by atoms with Crippen LogP contribution in [-0.4, -0.2) is 18.4 Å². The quantitative estimate of drug-likeness (QED) is 0.728. The molecule has 1 aliphatic rings. The fourth-order valence-electron chi connectivity index (χ4n) is 3.22. The number of benzene rings is 3. The van der Waals surface area contributed by atoms with Crippen LogP contribution in [0.15, 0.2) is 66.7 Å². The summed E-state index contributed by atoms with van der Waals surface area (Å²) in [6, 6.07) is 20.9. The van der Waals surface area contributed by atoms with Gasteiger partial charge in [0.1, 0.15) is 11.5 Å². The molecule has 0 radical (unpaired) electrons. The normalized spacial score (nSPS) is 16.8. The summed E-state index contributed by atoms with van der Waals surface area (Å²) in [6.45, 7) is 0.144. The summed E-state index contributed by atoms with van der Waals surface area (Å²) in [4.78, 5) is 24.5. The topological polar surface area (TPSA) is 69.7 Å². The number of aliphatic carboxylic acids is 1. The van der Waals surface area contributed by atoms with Crippen LogP contribution in [0, 0.1) is 5.92 Å². The average Bonchev–Trinajstić information content (AvgIpc) is 3.05. The highest BCUT2D eigenvalue weighted by molar-refractivity contribution is 5.99. The molecule has 0 N–H and O–H groups in total. The number of nitrogens with zero attached hydrogens (tertiary/aromatic N) is 1. The Bertz CT molecular complexity index is 975. The van der Waals surface area contributed by atoms with E-state index in [2.05, 4.69) is 0 Å². The van der Waals surface area contributed by atoms with E-state index in [1.165, 1.54) is 4.90 Å². The molecule has 130 valence electrons. The van der Waals surface area contributed by atoms with Gasteiger partial charge in [0.25, 0.3) is 0 Å². The highest BCUT2D eigenvalue weighted by Gasteiger charge is 2.31. The van der Waals surface area contributed by atoms with E-state index in [9.17, 15) is 14.7 Å². The number of anilines is 1. The summed E-state index contributed by atoms with van der Waals surface area (Å²) in [7, 11) is 0. The van der Waals surface area contributed by atoms with Crippen LogP contribution in [0.3, 0.4) is 0 Å². The molecule has 26 heavy (non-hydrogen) atoms. The molecule has 1 saturated heterocycles. The standard InChI is InChI=1S/C21H17NO4/c23-20-12-15(21(24)25)13-22(20)16-8-10-17(11-9-16)26-19-7-3-5-14-4-1-2-6-18(14)19/h1-11,15H,12-13H2,(H,24,25)/p-1/t15-/m0/s1. The first-order chi connectivity index (χ1) is 12.6. The van der Waals surface area contributed by atoms with Gasteiger partial charge in [-0.15, -0.1) is 0 Å². The molecule has 1 fully saturated rings. The third-order valence-electron chi connectivity index (χ3n) is 4.58. The first kappa shape index (κ1) is 16.1. The molecule has 1 heterocycles. The number of carboxylic acid groups (broad SMARTS) is 1. The Morgan fingerprint density at radius 1 is 1.00 bits per heavy atom. The van der Waals surface area contributed by atoms with E-state index < -0.39 is 11.9 Å². The molecule has 1 amide bonds. The van der Waals surface area contributed by atoms with Crippen molar-refractivity contribution in [1.29, 1.82) is 0 Å².